The fourth-order valence-corrected chi connectivity index (χ4v) is 1.48. The summed E-state index contributed by atoms with van der Waals surface area (Å²) in [6.07, 6.45) is 2.29. The highest BCUT2D eigenvalue weighted by Gasteiger charge is 2.04. The van der Waals surface area contributed by atoms with E-state index in [0.29, 0.717) is 12.4 Å². The van der Waals surface area contributed by atoms with E-state index in [9.17, 15) is 0 Å². The fourth-order valence-electron chi connectivity index (χ4n) is 1.48. The standard InChI is InChI=1S/C10H15N5O/c1-3-8-4-9(15(2)13-8)5-11-6-10-12-7-16-14-10/h4,7,11H,3,5-6H2,1-2H3. The molecule has 2 rings (SSSR count). The van der Waals surface area contributed by atoms with E-state index in [1.165, 1.54) is 6.39 Å². The van der Waals surface area contributed by atoms with Gasteiger partial charge in [0.1, 0.15) is 0 Å². The minimum atomic E-state index is 0.600. The van der Waals surface area contributed by atoms with E-state index in [-0.39, 0.29) is 0 Å². The first-order valence-electron chi connectivity index (χ1n) is 5.27. The molecule has 0 fully saturated rings. The summed E-state index contributed by atoms with van der Waals surface area (Å²) in [7, 11) is 1.95. The maximum atomic E-state index is 4.64. The van der Waals surface area contributed by atoms with Crippen LogP contribution < -0.4 is 5.32 Å². The van der Waals surface area contributed by atoms with Gasteiger partial charge in [-0.1, -0.05) is 12.1 Å². The lowest BCUT2D eigenvalue weighted by atomic mass is 10.3. The van der Waals surface area contributed by atoms with E-state index in [4.69, 9.17) is 0 Å². The Bertz CT molecular complexity index is 434. The lowest BCUT2D eigenvalue weighted by Crippen LogP contribution is -2.15. The number of hydrogen-bond acceptors (Lipinski definition) is 5. The molecular weight excluding hydrogens is 206 g/mol. The van der Waals surface area contributed by atoms with Gasteiger partial charge >= 0.3 is 0 Å². The Labute approximate surface area is 93.7 Å². The molecule has 0 saturated carbocycles. The molecule has 0 atom stereocenters. The predicted octanol–water partition coefficient (Wildman–Crippen LogP) is 0.655. The van der Waals surface area contributed by atoms with Crippen molar-refractivity contribution in [2.24, 2.45) is 7.05 Å². The molecule has 1 N–H and O–H groups in total. The summed E-state index contributed by atoms with van der Waals surface area (Å²) < 4.78 is 6.53. The summed E-state index contributed by atoms with van der Waals surface area (Å²) in [6, 6.07) is 2.10. The van der Waals surface area contributed by atoms with Crippen LogP contribution in [0.25, 0.3) is 0 Å². The predicted molar refractivity (Wildman–Crippen MR) is 57.4 cm³/mol. The highest BCUT2D eigenvalue weighted by molar-refractivity contribution is 5.09. The number of aryl methyl sites for hydroxylation is 2. The molecular formula is C10H15N5O. The van der Waals surface area contributed by atoms with Crippen molar-refractivity contribution in [1.82, 2.24) is 25.2 Å². The molecule has 0 bridgehead atoms. The third kappa shape index (κ3) is 2.46. The van der Waals surface area contributed by atoms with Crippen molar-refractivity contribution in [3.8, 4) is 0 Å². The van der Waals surface area contributed by atoms with Crippen LogP contribution in [0.15, 0.2) is 17.0 Å². The molecule has 0 aromatic carbocycles. The van der Waals surface area contributed by atoms with Gasteiger partial charge in [-0.15, -0.1) is 0 Å². The Balaban J connectivity index is 1.87. The first kappa shape index (κ1) is 10.8. The van der Waals surface area contributed by atoms with Crippen LogP contribution in [-0.2, 0) is 26.6 Å². The van der Waals surface area contributed by atoms with Crippen molar-refractivity contribution in [2.75, 3.05) is 0 Å². The summed E-state index contributed by atoms with van der Waals surface area (Å²) in [4.78, 5) is 3.93. The maximum absolute atomic E-state index is 4.64. The van der Waals surface area contributed by atoms with Gasteiger partial charge in [0.05, 0.1) is 17.9 Å². The van der Waals surface area contributed by atoms with Gasteiger partial charge in [-0.3, -0.25) is 4.68 Å². The van der Waals surface area contributed by atoms with Crippen LogP contribution >= 0.6 is 0 Å². The lowest BCUT2D eigenvalue weighted by molar-refractivity contribution is 0.407. The summed E-state index contributed by atoms with van der Waals surface area (Å²) in [5.41, 5.74) is 2.26. The number of aromatic nitrogens is 4. The van der Waals surface area contributed by atoms with Gasteiger partial charge < -0.3 is 9.84 Å². The van der Waals surface area contributed by atoms with Crippen LogP contribution in [0.5, 0.6) is 0 Å². The number of nitrogens with zero attached hydrogens (tertiary/aromatic N) is 4. The normalized spacial score (nSPS) is 10.9. The zero-order valence-electron chi connectivity index (χ0n) is 9.47. The molecule has 0 aliphatic rings. The van der Waals surface area contributed by atoms with Crippen molar-refractivity contribution in [3.63, 3.8) is 0 Å². The van der Waals surface area contributed by atoms with Crippen molar-refractivity contribution in [3.05, 3.63) is 29.7 Å². The van der Waals surface area contributed by atoms with Crippen LogP contribution in [0, 0.1) is 0 Å². The first-order valence-corrected chi connectivity index (χ1v) is 5.27. The van der Waals surface area contributed by atoms with E-state index in [0.717, 1.165) is 24.4 Å². The van der Waals surface area contributed by atoms with E-state index >= 15 is 0 Å². The largest absolute Gasteiger partial charge is 0.343 e. The second kappa shape index (κ2) is 4.89. The van der Waals surface area contributed by atoms with Crippen LogP contribution in [0.1, 0.15) is 24.1 Å². The average molecular weight is 221 g/mol. The Morgan fingerprint density at radius 3 is 2.94 bits per heavy atom. The van der Waals surface area contributed by atoms with E-state index in [2.05, 4.69) is 38.1 Å². The molecule has 86 valence electrons. The summed E-state index contributed by atoms with van der Waals surface area (Å²) in [5.74, 6) is 0.665. The third-order valence-corrected chi connectivity index (χ3v) is 2.39. The SMILES string of the molecule is CCc1cc(CNCc2ncon2)n(C)n1. The van der Waals surface area contributed by atoms with Gasteiger partial charge in [0.2, 0.25) is 6.39 Å². The topological polar surface area (TPSA) is 68.8 Å². The van der Waals surface area contributed by atoms with Crippen LogP contribution in [0.2, 0.25) is 0 Å². The second-order valence-corrected chi connectivity index (χ2v) is 3.56. The molecule has 0 spiro atoms. The zero-order chi connectivity index (χ0) is 11.4. The van der Waals surface area contributed by atoms with E-state index in [1.807, 2.05) is 11.7 Å². The highest BCUT2D eigenvalue weighted by Crippen LogP contribution is 2.03. The molecule has 0 radical (unpaired) electrons. The molecule has 0 saturated heterocycles. The monoisotopic (exact) mass is 221 g/mol. The fraction of sp³-hybridized carbons (Fsp3) is 0.500. The minimum Gasteiger partial charge on any atom is -0.343 e. The smallest absolute Gasteiger partial charge is 0.213 e. The third-order valence-electron chi connectivity index (χ3n) is 2.39. The lowest BCUT2D eigenvalue weighted by Gasteiger charge is -2.01. The molecule has 2 aromatic rings. The Kier molecular flexibility index (Phi) is 3.31. The summed E-state index contributed by atoms with van der Waals surface area (Å²) >= 11 is 0. The van der Waals surface area contributed by atoms with Gasteiger partial charge in [0.25, 0.3) is 0 Å². The van der Waals surface area contributed by atoms with Crippen LogP contribution in [-0.4, -0.2) is 19.9 Å². The van der Waals surface area contributed by atoms with Crippen LogP contribution in [0.3, 0.4) is 0 Å². The second-order valence-electron chi connectivity index (χ2n) is 3.56. The molecule has 2 heterocycles. The summed E-state index contributed by atoms with van der Waals surface area (Å²) in [5, 5.41) is 11.3. The molecule has 0 aliphatic carbocycles. The summed E-state index contributed by atoms with van der Waals surface area (Å²) in [6.45, 7) is 3.44. The number of nitrogens with one attached hydrogen (secondary N) is 1. The molecule has 16 heavy (non-hydrogen) atoms. The molecule has 6 heteroatoms. The Morgan fingerprint density at radius 1 is 1.44 bits per heavy atom. The van der Waals surface area contributed by atoms with Gasteiger partial charge in [-0.25, -0.2) is 0 Å². The molecule has 2 aromatic heterocycles. The minimum absolute atomic E-state index is 0.600. The van der Waals surface area contributed by atoms with E-state index < -0.39 is 0 Å². The van der Waals surface area contributed by atoms with Gasteiger partial charge in [0.15, 0.2) is 5.82 Å². The first-order chi connectivity index (χ1) is 7.79. The van der Waals surface area contributed by atoms with Gasteiger partial charge in [-0.2, -0.15) is 10.1 Å². The highest BCUT2D eigenvalue weighted by atomic mass is 16.5. The van der Waals surface area contributed by atoms with E-state index in [1.54, 1.807) is 0 Å². The zero-order valence-corrected chi connectivity index (χ0v) is 9.47. The van der Waals surface area contributed by atoms with Crippen molar-refractivity contribution in [1.29, 1.82) is 0 Å². The molecule has 0 aliphatic heterocycles. The average Bonchev–Trinajstić information content (AvgIpc) is 2.89. The Morgan fingerprint density at radius 2 is 2.31 bits per heavy atom. The van der Waals surface area contributed by atoms with Gasteiger partial charge in [0, 0.05) is 13.6 Å². The quantitative estimate of drug-likeness (QED) is 0.803. The Hall–Kier alpha value is -1.69. The molecule has 6 nitrogen and oxygen atoms in total. The molecule has 0 unspecified atom stereocenters. The maximum Gasteiger partial charge on any atom is 0.213 e. The van der Waals surface area contributed by atoms with Crippen molar-refractivity contribution < 1.29 is 4.52 Å². The van der Waals surface area contributed by atoms with Gasteiger partial charge in [-0.05, 0) is 12.5 Å². The van der Waals surface area contributed by atoms with Crippen molar-refractivity contribution in [2.45, 2.75) is 26.4 Å². The van der Waals surface area contributed by atoms with Crippen LogP contribution in [0.4, 0.5) is 0 Å². The number of hydrogen-bond donors (Lipinski definition) is 1. The van der Waals surface area contributed by atoms with Crippen molar-refractivity contribution >= 4 is 0 Å². The molecule has 0 amide bonds. The number of rotatable bonds is 5.